The van der Waals surface area contributed by atoms with E-state index in [0.29, 0.717) is 22.7 Å². The van der Waals surface area contributed by atoms with Crippen molar-refractivity contribution in [1.82, 2.24) is 0 Å². The molecule has 0 heterocycles. The van der Waals surface area contributed by atoms with Crippen LogP contribution < -0.4 is 0 Å². The topological polar surface area (TPSA) is 20.2 Å². The molecule has 4 rings (SSSR count). The van der Waals surface area contributed by atoms with Crippen LogP contribution in [0.15, 0.2) is 23.8 Å². The van der Waals surface area contributed by atoms with Crippen molar-refractivity contribution in [2.24, 2.45) is 46.3 Å². The van der Waals surface area contributed by atoms with Crippen molar-refractivity contribution in [1.29, 1.82) is 0 Å². The molecule has 0 amide bonds. The molecule has 0 radical (unpaired) electrons. The molecule has 8 atom stereocenters. The minimum absolute atomic E-state index is 0.0471. The summed E-state index contributed by atoms with van der Waals surface area (Å²) in [5, 5.41) is 10.2. The van der Waals surface area contributed by atoms with Gasteiger partial charge in [-0.05, 0) is 111 Å². The van der Waals surface area contributed by atoms with Crippen LogP contribution in [0.3, 0.4) is 0 Å². The zero-order valence-electron chi connectivity index (χ0n) is 19.8. The number of fused-ring (bicyclic) bond motifs is 5. The normalized spacial score (nSPS) is 45.2. The van der Waals surface area contributed by atoms with Crippen LogP contribution in [-0.4, -0.2) is 11.2 Å². The molecular weight excluding hydrogens is 352 g/mol. The molecule has 0 spiro atoms. The molecule has 29 heavy (non-hydrogen) atoms. The van der Waals surface area contributed by atoms with Gasteiger partial charge in [0.1, 0.15) is 0 Å². The minimum atomic E-state index is -0.0471. The van der Waals surface area contributed by atoms with Crippen LogP contribution >= 0.6 is 0 Å². The summed E-state index contributed by atoms with van der Waals surface area (Å²) in [7, 11) is 0. The molecule has 1 heteroatoms. The molecule has 3 saturated carbocycles. The van der Waals surface area contributed by atoms with E-state index in [1.54, 1.807) is 0 Å². The molecular formula is C28H46O. The molecule has 1 nitrogen and oxygen atoms in total. The number of rotatable bonds is 5. The van der Waals surface area contributed by atoms with Gasteiger partial charge in [0.05, 0.1) is 6.10 Å². The molecule has 0 aliphatic heterocycles. The van der Waals surface area contributed by atoms with Gasteiger partial charge in [-0.2, -0.15) is 0 Å². The lowest BCUT2D eigenvalue weighted by Crippen LogP contribution is -2.49. The van der Waals surface area contributed by atoms with Crippen molar-refractivity contribution >= 4 is 0 Å². The smallest absolute Gasteiger partial charge is 0.0543 e. The van der Waals surface area contributed by atoms with Gasteiger partial charge in [0.25, 0.3) is 0 Å². The van der Waals surface area contributed by atoms with E-state index in [1.807, 2.05) is 5.57 Å². The summed E-state index contributed by atoms with van der Waals surface area (Å²) in [6, 6.07) is 0. The second-order valence-electron chi connectivity index (χ2n) is 12.2. The zero-order chi connectivity index (χ0) is 21.0. The lowest BCUT2D eigenvalue weighted by Gasteiger charge is -2.57. The Kier molecular flexibility index (Phi) is 5.86. The minimum Gasteiger partial charge on any atom is -0.393 e. The number of allylic oxidation sites excluding steroid dienone is 3. The molecule has 4 aliphatic rings. The first-order valence-electron chi connectivity index (χ1n) is 12.7. The fourth-order valence-corrected chi connectivity index (χ4v) is 8.37. The molecule has 0 bridgehead atoms. The summed E-state index contributed by atoms with van der Waals surface area (Å²) in [5.41, 5.74) is 4.26. The molecule has 1 N–H and O–H groups in total. The van der Waals surface area contributed by atoms with Crippen LogP contribution in [0.1, 0.15) is 98.8 Å². The number of hydrogen-bond donors (Lipinski definition) is 1. The molecule has 0 saturated heterocycles. The van der Waals surface area contributed by atoms with E-state index in [-0.39, 0.29) is 6.10 Å². The van der Waals surface area contributed by atoms with Crippen molar-refractivity contribution < 1.29 is 5.11 Å². The highest BCUT2D eigenvalue weighted by Crippen LogP contribution is 2.66. The summed E-state index contributed by atoms with van der Waals surface area (Å²) in [4.78, 5) is 0. The lowest BCUT2D eigenvalue weighted by molar-refractivity contribution is -0.0427. The summed E-state index contributed by atoms with van der Waals surface area (Å²) in [6.45, 7) is 16.7. The van der Waals surface area contributed by atoms with Crippen molar-refractivity contribution in [3.8, 4) is 0 Å². The summed E-state index contributed by atoms with van der Waals surface area (Å²) in [5.74, 6) is 4.65. The Bertz CT molecular complexity index is 659. The average Bonchev–Trinajstić information content (AvgIpc) is 3.03. The fourth-order valence-electron chi connectivity index (χ4n) is 8.37. The monoisotopic (exact) mass is 398 g/mol. The summed E-state index contributed by atoms with van der Waals surface area (Å²) < 4.78 is 0. The van der Waals surface area contributed by atoms with Crippen molar-refractivity contribution in [2.75, 3.05) is 0 Å². The predicted octanol–water partition coefficient (Wildman–Crippen LogP) is 7.55. The van der Waals surface area contributed by atoms with Gasteiger partial charge < -0.3 is 5.11 Å². The zero-order valence-corrected chi connectivity index (χ0v) is 19.8. The Balaban J connectivity index is 1.50. The van der Waals surface area contributed by atoms with Crippen molar-refractivity contribution in [3.63, 3.8) is 0 Å². The Hall–Kier alpha value is -0.560. The van der Waals surface area contributed by atoms with E-state index >= 15 is 0 Å². The van der Waals surface area contributed by atoms with Crippen molar-refractivity contribution in [3.05, 3.63) is 23.8 Å². The maximum atomic E-state index is 10.2. The first-order chi connectivity index (χ1) is 13.7. The third-order valence-corrected chi connectivity index (χ3v) is 10.5. The molecule has 2 unspecified atom stereocenters. The van der Waals surface area contributed by atoms with Crippen LogP contribution in [0.2, 0.25) is 0 Å². The van der Waals surface area contributed by atoms with E-state index in [2.05, 4.69) is 47.3 Å². The van der Waals surface area contributed by atoms with Gasteiger partial charge in [-0.25, -0.2) is 0 Å². The molecule has 3 fully saturated rings. The summed E-state index contributed by atoms with van der Waals surface area (Å²) >= 11 is 0. The largest absolute Gasteiger partial charge is 0.393 e. The lowest BCUT2D eigenvalue weighted by atomic mass is 9.47. The quantitative estimate of drug-likeness (QED) is 0.474. The Morgan fingerprint density at radius 3 is 2.48 bits per heavy atom. The Labute approximate surface area is 180 Å². The third-order valence-electron chi connectivity index (χ3n) is 10.5. The van der Waals surface area contributed by atoms with Gasteiger partial charge in [0.15, 0.2) is 0 Å². The van der Waals surface area contributed by atoms with Crippen LogP contribution in [0.5, 0.6) is 0 Å². The van der Waals surface area contributed by atoms with E-state index in [0.717, 1.165) is 36.5 Å². The highest BCUT2D eigenvalue weighted by Gasteiger charge is 2.58. The van der Waals surface area contributed by atoms with Gasteiger partial charge in [0.2, 0.25) is 0 Å². The van der Waals surface area contributed by atoms with Crippen molar-refractivity contribution in [2.45, 2.75) is 105 Å². The predicted molar refractivity (Wildman–Crippen MR) is 124 cm³/mol. The Morgan fingerprint density at radius 1 is 1.07 bits per heavy atom. The second kappa shape index (κ2) is 7.85. The highest BCUT2D eigenvalue weighted by atomic mass is 16.3. The Morgan fingerprint density at radius 2 is 1.76 bits per heavy atom. The van der Waals surface area contributed by atoms with Crippen LogP contribution in [0.4, 0.5) is 0 Å². The first-order valence-corrected chi connectivity index (χ1v) is 12.7. The number of hydrogen-bond acceptors (Lipinski definition) is 1. The maximum absolute atomic E-state index is 10.2. The standard InChI is InChI=1S/C28H46O/c1-18(2)19(3)7-8-20(4)24-11-12-25-23-10-9-21-17-22(29)13-15-27(21,5)26(23)14-16-28(24,25)6/h10,18,20-22,24-26,29H,3,7-9,11-17H2,1-2,4-6H3/t20-,21+,22?,24-,25+,26?,27+,28-/m1/s1. The van der Waals surface area contributed by atoms with Gasteiger partial charge in [-0.3, -0.25) is 0 Å². The van der Waals surface area contributed by atoms with E-state index < -0.39 is 0 Å². The van der Waals surface area contributed by atoms with Gasteiger partial charge >= 0.3 is 0 Å². The molecule has 164 valence electrons. The van der Waals surface area contributed by atoms with E-state index in [4.69, 9.17) is 0 Å². The van der Waals surface area contributed by atoms with E-state index in [1.165, 1.54) is 56.9 Å². The first kappa shape index (κ1) is 21.7. The molecule has 0 aromatic heterocycles. The highest BCUT2D eigenvalue weighted by molar-refractivity contribution is 5.27. The summed E-state index contributed by atoms with van der Waals surface area (Å²) in [6.07, 6.45) is 15.3. The number of aliphatic hydroxyl groups excluding tert-OH is 1. The molecule has 0 aromatic carbocycles. The van der Waals surface area contributed by atoms with Gasteiger partial charge in [0, 0.05) is 0 Å². The third kappa shape index (κ3) is 3.58. The average molecular weight is 399 g/mol. The SMILES string of the molecule is C=C(CC[C@@H](C)[C@H]1CC[C@H]2C3=CC[C@H]4CC(O)CC[C@]4(C)C3CC[C@]12C)C(C)C. The van der Waals surface area contributed by atoms with Crippen LogP contribution in [0.25, 0.3) is 0 Å². The van der Waals surface area contributed by atoms with Crippen LogP contribution in [0, 0.1) is 46.3 Å². The maximum Gasteiger partial charge on any atom is 0.0543 e. The van der Waals surface area contributed by atoms with Crippen LogP contribution in [-0.2, 0) is 0 Å². The molecule has 4 aliphatic carbocycles. The van der Waals surface area contributed by atoms with E-state index in [9.17, 15) is 5.11 Å². The van der Waals surface area contributed by atoms with Gasteiger partial charge in [-0.1, -0.05) is 58.4 Å². The molecule has 0 aromatic rings. The van der Waals surface area contributed by atoms with Gasteiger partial charge in [-0.15, -0.1) is 0 Å². The number of aliphatic hydroxyl groups is 1. The second-order valence-corrected chi connectivity index (χ2v) is 12.2. The fraction of sp³-hybridized carbons (Fsp3) is 0.857.